The molecule has 4 heteroatoms. The third-order valence-electron chi connectivity index (χ3n) is 2.38. The van der Waals surface area contributed by atoms with Crippen LogP contribution in [-0.4, -0.2) is 19.3 Å². The van der Waals surface area contributed by atoms with Gasteiger partial charge in [-0.2, -0.15) is 0 Å². The molecule has 1 aromatic carbocycles. The number of isocyanates is 1. The molecule has 0 atom stereocenters. The minimum atomic E-state index is 0.339. The summed E-state index contributed by atoms with van der Waals surface area (Å²) in [6, 6.07) is 3.74. The van der Waals surface area contributed by atoms with Crippen LogP contribution in [0.25, 0.3) is 0 Å². The lowest BCUT2D eigenvalue weighted by atomic mass is 10.1. The van der Waals surface area contributed by atoms with Gasteiger partial charge in [0, 0.05) is 0 Å². The van der Waals surface area contributed by atoms with Crippen LogP contribution >= 0.6 is 0 Å². The normalized spacial score (nSPS) is 13.1. The van der Waals surface area contributed by atoms with Gasteiger partial charge in [-0.05, 0) is 24.1 Å². The number of ether oxygens (including phenoxy) is 2. The Labute approximate surface area is 87.5 Å². The molecule has 4 nitrogen and oxygen atoms in total. The van der Waals surface area contributed by atoms with Crippen molar-refractivity contribution in [1.82, 2.24) is 0 Å². The summed E-state index contributed by atoms with van der Waals surface area (Å²) in [5.41, 5.74) is 1.94. The summed E-state index contributed by atoms with van der Waals surface area (Å²) in [6.07, 6.45) is 1.53. The fourth-order valence-corrected chi connectivity index (χ4v) is 1.58. The van der Waals surface area contributed by atoms with E-state index in [0.717, 1.165) is 22.6 Å². The smallest absolute Gasteiger partial charge is 0.235 e. The van der Waals surface area contributed by atoms with E-state index in [1.54, 1.807) is 0 Å². The summed E-state index contributed by atoms with van der Waals surface area (Å²) in [5.74, 6) is 1.53. The first kappa shape index (κ1) is 9.74. The van der Waals surface area contributed by atoms with Crippen molar-refractivity contribution < 1.29 is 14.3 Å². The molecule has 1 aromatic rings. The number of fused-ring (bicyclic) bond motifs is 1. The van der Waals surface area contributed by atoms with Crippen molar-refractivity contribution in [3.05, 3.63) is 23.3 Å². The van der Waals surface area contributed by atoms with E-state index < -0.39 is 0 Å². The number of benzene rings is 1. The van der Waals surface area contributed by atoms with Gasteiger partial charge in [0.05, 0.1) is 6.54 Å². The maximum absolute atomic E-state index is 10.0. The minimum Gasteiger partial charge on any atom is -0.486 e. The predicted octanol–water partition coefficient (Wildman–Crippen LogP) is 1.60. The van der Waals surface area contributed by atoms with Gasteiger partial charge in [0.1, 0.15) is 13.2 Å². The van der Waals surface area contributed by atoms with Crippen LogP contribution in [0.15, 0.2) is 17.1 Å². The average molecular weight is 205 g/mol. The van der Waals surface area contributed by atoms with E-state index >= 15 is 0 Å². The van der Waals surface area contributed by atoms with E-state index in [2.05, 4.69) is 4.99 Å². The molecule has 0 amide bonds. The predicted molar refractivity (Wildman–Crippen MR) is 54.0 cm³/mol. The quantitative estimate of drug-likeness (QED) is 0.544. The molecule has 0 saturated heterocycles. The Morgan fingerprint density at radius 1 is 1.40 bits per heavy atom. The van der Waals surface area contributed by atoms with Crippen LogP contribution in [0.1, 0.15) is 11.1 Å². The van der Waals surface area contributed by atoms with Gasteiger partial charge in [-0.15, -0.1) is 0 Å². The lowest BCUT2D eigenvalue weighted by Crippen LogP contribution is -2.16. The molecule has 1 heterocycles. The monoisotopic (exact) mass is 205 g/mol. The highest BCUT2D eigenvalue weighted by Gasteiger charge is 2.15. The summed E-state index contributed by atoms with van der Waals surface area (Å²) in [6.45, 7) is 3.42. The molecular weight excluding hydrogens is 194 g/mol. The molecule has 2 rings (SSSR count). The molecule has 1 aliphatic rings. The van der Waals surface area contributed by atoms with E-state index in [4.69, 9.17) is 9.47 Å². The number of aliphatic imine (C=N–C) groups is 1. The third kappa shape index (κ3) is 1.85. The van der Waals surface area contributed by atoms with Gasteiger partial charge in [0.2, 0.25) is 6.08 Å². The molecule has 0 aliphatic carbocycles. The van der Waals surface area contributed by atoms with E-state index in [-0.39, 0.29) is 0 Å². The molecular formula is C11H11NO3. The fraction of sp³-hybridized carbons (Fsp3) is 0.364. The van der Waals surface area contributed by atoms with Gasteiger partial charge in [0.25, 0.3) is 0 Å². The zero-order valence-electron chi connectivity index (χ0n) is 8.45. The minimum absolute atomic E-state index is 0.339. The first-order valence-electron chi connectivity index (χ1n) is 4.74. The molecule has 0 fully saturated rings. The Bertz CT molecular complexity index is 422. The number of nitrogens with zero attached hydrogens (tertiary/aromatic N) is 1. The van der Waals surface area contributed by atoms with Crippen LogP contribution in [0.5, 0.6) is 11.5 Å². The Hall–Kier alpha value is -1.80. The molecule has 0 unspecified atom stereocenters. The highest BCUT2D eigenvalue weighted by molar-refractivity contribution is 5.51. The SMILES string of the molecule is Cc1c(CN=C=O)ccc2c1OCCO2. The van der Waals surface area contributed by atoms with Crippen LogP contribution in [0.2, 0.25) is 0 Å². The van der Waals surface area contributed by atoms with Gasteiger partial charge >= 0.3 is 0 Å². The summed E-state index contributed by atoms with van der Waals surface area (Å²) < 4.78 is 10.9. The average Bonchev–Trinajstić information content (AvgIpc) is 2.29. The molecule has 0 N–H and O–H groups in total. The second kappa shape index (κ2) is 4.15. The Morgan fingerprint density at radius 2 is 2.20 bits per heavy atom. The maximum atomic E-state index is 10.0. The second-order valence-corrected chi connectivity index (χ2v) is 3.28. The number of hydrogen-bond acceptors (Lipinski definition) is 4. The van der Waals surface area contributed by atoms with Crippen LogP contribution in [0.3, 0.4) is 0 Å². The number of hydrogen-bond donors (Lipinski definition) is 0. The van der Waals surface area contributed by atoms with Gasteiger partial charge in [-0.25, -0.2) is 9.79 Å². The largest absolute Gasteiger partial charge is 0.486 e. The summed E-state index contributed by atoms with van der Waals surface area (Å²) in [4.78, 5) is 13.6. The van der Waals surface area contributed by atoms with Crippen molar-refractivity contribution in [3.63, 3.8) is 0 Å². The van der Waals surface area contributed by atoms with Crippen LogP contribution in [-0.2, 0) is 11.3 Å². The molecule has 1 aliphatic heterocycles. The topological polar surface area (TPSA) is 47.9 Å². The first-order valence-corrected chi connectivity index (χ1v) is 4.74. The number of carbonyl (C=O) groups excluding carboxylic acids is 1. The van der Waals surface area contributed by atoms with Gasteiger partial charge in [0.15, 0.2) is 11.5 Å². The van der Waals surface area contributed by atoms with Crippen molar-refractivity contribution in [2.45, 2.75) is 13.5 Å². The Balaban J connectivity index is 2.38. The highest BCUT2D eigenvalue weighted by atomic mass is 16.6. The van der Waals surface area contributed by atoms with Crippen molar-refractivity contribution >= 4 is 6.08 Å². The molecule has 0 radical (unpaired) electrons. The van der Waals surface area contributed by atoms with Crippen molar-refractivity contribution in [1.29, 1.82) is 0 Å². The summed E-state index contributed by atoms with van der Waals surface area (Å²) >= 11 is 0. The molecule has 78 valence electrons. The fourth-order valence-electron chi connectivity index (χ4n) is 1.58. The van der Waals surface area contributed by atoms with Crippen LogP contribution in [0, 0.1) is 6.92 Å². The van der Waals surface area contributed by atoms with Crippen molar-refractivity contribution in [2.24, 2.45) is 4.99 Å². The lowest BCUT2D eigenvalue weighted by Gasteiger charge is -2.21. The number of rotatable bonds is 2. The third-order valence-corrected chi connectivity index (χ3v) is 2.38. The highest BCUT2D eigenvalue weighted by Crippen LogP contribution is 2.35. The molecule has 15 heavy (non-hydrogen) atoms. The molecule has 0 spiro atoms. The molecule has 0 aromatic heterocycles. The van der Waals surface area contributed by atoms with E-state index in [1.807, 2.05) is 19.1 Å². The lowest BCUT2D eigenvalue weighted by molar-refractivity contribution is 0.170. The van der Waals surface area contributed by atoms with E-state index in [9.17, 15) is 4.79 Å². The van der Waals surface area contributed by atoms with Crippen LogP contribution < -0.4 is 9.47 Å². The van der Waals surface area contributed by atoms with E-state index in [0.29, 0.717) is 19.8 Å². The van der Waals surface area contributed by atoms with Gasteiger partial charge in [-0.1, -0.05) is 6.07 Å². The molecule has 0 saturated carbocycles. The Morgan fingerprint density at radius 3 is 3.00 bits per heavy atom. The summed E-state index contributed by atoms with van der Waals surface area (Å²) in [5, 5.41) is 0. The second-order valence-electron chi connectivity index (χ2n) is 3.28. The van der Waals surface area contributed by atoms with Gasteiger partial charge < -0.3 is 9.47 Å². The van der Waals surface area contributed by atoms with E-state index in [1.165, 1.54) is 6.08 Å². The Kier molecular flexibility index (Phi) is 2.70. The van der Waals surface area contributed by atoms with Crippen LogP contribution in [0.4, 0.5) is 0 Å². The summed E-state index contributed by atoms with van der Waals surface area (Å²) in [7, 11) is 0. The first-order chi connectivity index (χ1) is 7.33. The zero-order chi connectivity index (χ0) is 10.7. The maximum Gasteiger partial charge on any atom is 0.235 e. The van der Waals surface area contributed by atoms with Crippen molar-refractivity contribution in [2.75, 3.05) is 13.2 Å². The standard InChI is InChI=1S/C11H11NO3/c1-8-9(6-12-7-13)2-3-10-11(8)15-5-4-14-10/h2-3H,4-6H2,1H3. The van der Waals surface area contributed by atoms with Gasteiger partial charge in [-0.3, -0.25) is 0 Å². The zero-order valence-corrected chi connectivity index (χ0v) is 8.45. The van der Waals surface area contributed by atoms with Crippen molar-refractivity contribution in [3.8, 4) is 11.5 Å². The molecule has 0 bridgehead atoms.